The van der Waals surface area contributed by atoms with Crippen molar-refractivity contribution in [3.8, 4) is 0 Å². The van der Waals surface area contributed by atoms with Crippen LogP contribution in [0.1, 0.15) is 38.5 Å². The van der Waals surface area contributed by atoms with E-state index < -0.39 is 35.8 Å². The van der Waals surface area contributed by atoms with Crippen LogP contribution < -0.4 is 45.0 Å². The van der Waals surface area contributed by atoms with E-state index in [-0.39, 0.29) is 37.7 Å². The summed E-state index contributed by atoms with van der Waals surface area (Å²) in [6.07, 6.45) is 1.88. The lowest BCUT2D eigenvalue weighted by Crippen LogP contribution is -2.53. The monoisotopic (exact) mass is 442 g/mol. The van der Waals surface area contributed by atoms with Crippen LogP contribution in [0, 0.1) is 0 Å². The fourth-order valence-corrected chi connectivity index (χ4v) is 2.46. The smallest absolute Gasteiger partial charge is 0.243 e. The number of aldehydes is 1. The van der Waals surface area contributed by atoms with Gasteiger partial charge in [-0.2, -0.15) is 0 Å². The SMILES string of the molecule is NC(=O)CCC(N)C(=O)NC(CCCN=C(N)N)C(=O)NC(C=O)CCCN=C(N)N. The first-order valence-electron chi connectivity index (χ1n) is 9.77. The standard InChI is InChI=1S/C17H34N10O4/c18-11(5-6-13(19)29)14(30)27-12(4-2-8-25-17(22)23)15(31)26-10(9-28)3-1-7-24-16(20)21/h9-12H,1-8,18H2,(H2,19,29)(H,26,31)(H,27,30)(H4,20,21,24)(H4,22,23,25). The van der Waals surface area contributed by atoms with Gasteiger partial charge in [0.15, 0.2) is 11.9 Å². The van der Waals surface area contributed by atoms with Crippen molar-refractivity contribution in [1.82, 2.24) is 10.6 Å². The van der Waals surface area contributed by atoms with Crippen LogP contribution in [-0.2, 0) is 19.2 Å². The van der Waals surface area contributed by atoms with Crippen LogP contribution in [0.4, 0.5) is 0 Å². The maximum Gasteiger partial charge on any atom is 0.243 e. The first kappa shape index (κ1) is 27.6. The van der Waals surface area contributed by atoms with Gasteiger partial charge in [-0.15, -0.1) is 0 Å². The van der Waals surface area contributed by atoms with Gasteiger partial charge in [-0.05, 0) is 32.1 Å². The number of nitrogens with two attached hydrogens (primary N) is 6. The maximum absolute atomic E-state index is 12.7. The van der Waals surface area contributed by atoms with Gasteiger partial charge in [0.1, 0.15) is 12.3 Å². The van der Waals surface area contributed by atoms with Gasteiger partial charge >= 0.3 is 0 Å². The molecule has 0 radical (unpaired) electrons. The minimum Gasteiger partial charge on any atom is -0.370 e. The van der Waals surface area contributed by atoms with Gasteiger partial charge in [-0.1, -0.05) is 0 Å². The second-order valence-electron chi connectivity index (χ2n) is 6.82. The van der Waals surface area contributed by atoms with Crippen LogP contribution in [0.25, 0.3) is 0 Å². The van der Waals surface area contributed by atoms with Crippen molar-refractivity contribution in [2.75, 3.05) is 13.1 Å². The molecule has 0 saturated carbocycles. The van der Waals surface area contributed by atoms with E-state index in [1.165, 1.54) is 0 Å². The fourth-order valence-electron chi connectivity index (χ4n) is 2.46. The van der Waals surface area contributed by atoms with Crippen molar-refractivity contribution in [2.24, 2.45) is 44.4 Å². The Morgan fingerprint density at radius 1 is 0.806 bits per heavy atom. The molecule has 0 aromatic rings. The predicted octanol–water partition coefficient (Wildman–Crippen LogP) is -4.15. The third-order valence-electron chi connectivity index (χ3n) is 4.08. The van der Waals surface area contributed by atoms with Gasteiger partial charge in [0.2, 0.25) is 17.7 Å². The minimum absolute atomic E-state index is 0.0330. The Balaban J connectivity index is 4.97. The number of guanidine groups is 2. The van der Waals surface area contributed by atoms with Crippen molar-refractivity contribution in [3.63, 3.8) is 0 Å². The van der Waals surface area contributed by atoms with Crippen LogP contribution in [0.5, 0.6) is 0 Å². The molecular weight excluding hydrogens is 408 g/mol. The average molecular weight is 443 g/mol. The van der Waals surface area contributed by atoms with Crippen LogP contribution in [0.2, 0.25) is 0 Å². The zero-order chi connectivity index (χ0) is 23.8. The van der Waals surface area contributed by atoms with Gasteiger partial charge < -0.3 is 49.8 Å². The van der Waals surface area contributed by atoms with E-state index in [1.54, 1.807) is 0 Å². The highest BCUT2D eigenvalue weighted by Gasteiger charge is 2.25. The maximum atomic E-state index is 12.7. The number of carbonyl (C=O) groups excluding carboxylic acids is 4. The molecule has 0 saturated heterocycles. The molecule has 176 valence electrons. The number of carbonyl (C=O) groups is 4. The van der Waals surface area contributed by atoms with Crippen molar-refractivity contribution in [3.05, 3.63) is 0 Å². The molecule has 0 aliphatic rings. The zero-order valence-electron chi connectivity index (χ0n) is 17.5. The number of aliphatic imine (C=N–C) groups is 2. The molecule has 0 aromatic carbocycles. The number of hydrogen-bond acceptors (Lipinski definition) is 7. The molecule has 3 amide bonds. The molecule has 0 rings (SSSR count). The van der Waals surface area contributed by atoms with E-state index in [9.17, 15) is 19.2 Å². The van der Waals surface area contributed by atoms with Crippen molar-refractivity contribution in [1.29, 1.82) is 0 Å². The Bertz CT molecular complexity index is 659. The summed E-state index contributed by atoms with van der Waals surface area (Å²) >= 11 is 0. The lowest BCUT2D eigenvalue weighted by atomic mass is 10.1. The third kappa shape index (κ3) is 14.2. The summed E-state index contributed by atoms with van der Waals surface area (Å²) in [4.78, 5) is 54.8. The van der Waals surface area contributed by atoms with E-state index in [2.05, 4.69) is 20.6 Å². The molecule has 0 aliphatic heterocycles. The summed E-state index contributed by atoms with van der Waals surface area (Å²) < 4.78 is 0. The van der Waals surface area contributed by atoms with Gasteiger partial charge in [-0.3, -0.25) is 24.4 Å². The van der Waals surface area contributed by atoms with E-state index in [4.69, 9.17) is 34.4 Å². The Hall–Kier alpha value is -3.42. The summed E-state index contributed by atoms with van der Waals surface area (Å²) in [5.74, 6) is -1.95. The van der Waals surface area contributed by atoms with Crippen LogP contribution in [0.3, 0.4) is 0 Å². The van der Waals surface area contributed by atoms with Gasteiger partial charge in [-0.25, -0.2) is 0 Å². The molecule has 14 N–H and O–H groups in total. The second-order valence-corrected chi connectivity index (χ2v) is 6.82. The van der Waals surface area contributed by atoms with E-state index >= 15 is 0 Å². The van der Waals surface area contributed by atoms with Gasteiger partial charge in [0.05, 0.1) is 12.1 Å². The molecule has 0 heterocycles. The Morgan fingerprint density at radius 2 is 1.35 bits per heavy atom. The topological polar surface area (TPSA) is 273 Å². The zero-order valence-corrected chi connectivity index (χ0v) is 17.5. The molecule has 0 bridgehead atoms. The molecule has 3 unspecified atom stereocenters. The molecule has 3 atom stereocenters. The number of nitrogens with one attached hydrogen (secondary N) is 2. The highest BCUT2D eigenvalue weighted by molar-refractivity contribution is 5.91. The van der Waals surface area contributed by atoms with E-state index in [0.717, 1.165) is 0 Å². The number of amides is 3. The van der Waals surface area contributed by atoms with Crippen LogP contribution >= 0.6 is 0 Å². The van der Waals surface area contributed by atoms with Gasteiger partial charge in [0.25, 0.3) is 0 Å². The van der Waals surface area contributed by atoms with Crippen LogP contribution in [-0.4, -0.2) is 67.1 Å². The summed E-state index contributed by atoms with van der Waals surface area (Å²) in [5, 5.41) is 5.10. The molecule has 0 fully saturated rings. The quantitative estimate of drug-likeness (QED) is 0.0497. The lowest BCUT2D eigenvalue weighted by Gasteiger charge is -2.22. The average Bonchev–Trinajstić information content (AvgIpc) is 2.69. The third-order valence-corrected chi connectivity index (χ3v) is 4.08. The first-order valence-corrected chi connectivity index (χ1v) is 9.77. The summed E-state index contributed by atoms with van der Waals surface area (Å²) in [7, 11) is 0. The molecule has 14 heteroatoms. The Kier molecular flexibility index (Phi) is 13.7. The number of nitrogens with zero attached hydrogens (tertiary/aromatic N) is 2. The first-order chi connectivity index (χ1) is 14.6. The summed E-state index contributed by atoms with van der Waals surface area (Å²) in [5.41, 5.74) is 31.8. The van der Waals surface area contributed by atoms with E-state index in [0.29, 0.717) is 32.1 Å². The van der Waals surface area contributed by atoms with Crippen LogP contribution in [0.15, 0.2) is 9.98 Å². The predicted molar refractivity (Wildman–Crippen MR) is 116 cm³/mol. The molecule has 0 aliphatic carbocycles. The second kappa shape index (κ2) is 15.4. The van der Waals surface area contributed by atoms with E-state index in [1.807, 2.05) is 0 Å². The fraction of sp³-hybridized carbons (Fsp3) is 0.647. The number of rotatable bonds is 16. The largest absolute Gasteiger partial charge is 0.370 e. The molecule has 14 nitrogen and oxygen atoms in total. The van der Waals surface area contributed by atoms with Crippen molar-refractivity contribution >= 4 is 35.9 Å². The normalized spacial score (nSPS) is 13.2. The molecular formula is C17H34N10O4. The highest BCUT2D eigenvalue weighted by atomic mass is 16.2. The number of hydrogen-bond donors (Lipinski definition) is 8. The van der Waals surface area contributed by atoms with Crippen molar-refractivity contribution in [2.45, 2.75) is 56.7 Å². The van der Waals surface area contributed by atoms with Gasteiger partial charge in [0, 0.05) is 19.5 Å². The Labute approximate surface area is 180 Å². The molecule has 0 aromatic heterocycles. The highest BCUT2D eigenvalue weighted by Crippen LogP contribution is 2.03. The molecule has 0 spiro atoms. The molecule has 31 heavy (non-hydrogen) atoms. The minimum atomic E-state index is -1.03. The lowest BCUT2D eigenvalue weighted by molar-refractivity contribution is -0.131. The Morgan fingerprint density at radius 3 is 1.84 bits per heavy atom. The van der Waals surface area contributed by atoms with Crippen molar-refractivity contribution < 1.29 is 19.2 Å². The summed E-state index contributed by atoms with van der Waals surface area (Å²) in [6.45, 7) is 0.543. The summed E-state index contributed by atoms with van der Waals surface area (Å²) in [6, 6.07) is -2.80. The number of primary amides is 1.